The van der Waals surface area contributed by atoms with Crippen molar-refractivity contribution < 1.29 is 4.74 Å². The molecule has 0 bridgehead atoms. The predicted octanol–water partition coefficient (Wildman–Crippen LogP) is 3.77. The lowest BCUT2D eigenvalue weighted by Gasteiger charge is -2.21. The molecule has 1 rings (SSSR count). The third-order valence-electron chi connectivity index (χ3n) is 3.36. The number of nitrogens with one attached hydrogen (secondary N) is 1. The average molecular weight is 249 g/mol. The van der Waals surface area contributed by atoms with Gasteiger partial charge in [0.2, 0.25) is 0 Å². The zero-order chi connectivity index (χ0) is 13.5. The van der Waals surface area contributed by atoms with Gasteiger partial charge in [0.05, 0.1) is 6.10 Å². The van der Waals surface area contributed by atoms with E-state index in [1.165, 1.54) is 16.7 Å². The van der Waals surface area contributed by atoms with Gasteiger partial charge in [0.1, 0.15) is 0 Å². The molecule has 2 unspecified atom stereocenters. The number of benzene rings is 1. The third kappa shape index (κ3) is 4.79. The van der Waals surface area contributed by atoms with E-state index in [-0.39, 0.29) is 0 Å². The van der Waals surface area contributed by atoms with Crippen molar-refractivity contribution in [2.24, 2.45) is 0 Å². The summed E-state index contributed by atoms with van der Waals surface area (Å²) in [7, 11) is 1.78. The molecule has 18 heavy (non-hydrogen) atoms. The predicted molar refractivity (Wildman–Crippen MR) is 78.0 cm³/mol. The molecular weight excluding hydrogens is 222 g/mol. The molecule has 2 nitrogen and oxygen atoms in total. The van der Waals surface area contributed by atoms with Crippen LogP contribution in [0.2, 0.25) is 0 Å². The van der Waals surface area contributed by atoms with Crippen LogP contribution in [0.1, 0.15) is 49.4 Å². The summed E-state index contributed by atoms with van der Waals surface area (Å²) in [5.41, 5.74) is 4.08. The molecule has 0 aromatic heterocycles. The average Bonchev–Trinajstić information content (AvgIpc) is 2.32. The summed E-state index contributed by atoms with van der Waals surface area (Å²) in [6, 6.07) is 7.24. The van der Waals surface area contributed by atoms with Crippen LogP contribution in [0.25, 0.3) is 0 Å². The Morgan fingerprint density at radius 1 is 1.11 bits per heavy atom. The van der Waals surface area contributed by atoms with Gasteiger partial charge in [-0.3, -0.25) is 0 Å². The summed E-state index contributed by atoms with van der Waals surface area (Å²) < 4.78 is 5.33. The molecular formula is C16H27NO. The Morgan fingerprint density at radius 3 is 2.22 bits per heavy atom. The highest BCUT2D eigenvalue weighted by atomic mass is 16.5. The highest BCUT2D eigenvalue weighted by Crippen LogP contribution is 2.22. The van der Waals surface area contributed by atoms with Crippen molar-refractivity contribution in [1.29, 1.82) is 0 Å². The van der Waals surface area contributed by atoms with Gasteiger partial charge in [-0.05, 0) is 45.7 Å². The van der Waals surface area contributed by atoms with E-state index in [1.807, 2.05) is 0 Å². The second kappa shape index (κ2) is 7.55. The first-order valence-corrected chi connectivity index (χ1v) is 6.91. The Kier molecular flexibility index (Phi) is 6.37. The van der Waals surface area contributed by atoms with Gasteiger partial charge in [-0.2, -0.15) is 0 Å². The van der Waals surface area contributed by atoms with Gasteiger partial charge >= 0.3 is 0 Å². The van der Waals surface area contributed by atoms with Crippen LogP contribution in [-0.4, -0.2) is 19.8 Å². The van der Waals surface area contributed by atoms with Crippen molar-refractivity contribution in [2.45, 2.75) is 52.7 Å². The smallest absolute Gasteiger partial charge is 0.0543 e. The summed E-state index contributed by atoms with van der Waals surface area (Å²) >= 11 is 0. The van der Waals surface area contributed by atoms with Crippen LogP contribution >= 0.6 is 0 Å². The quantitative estimate of drug-likeness (QED) is 0.794. The Morgan fingerprint density at radius 2 is 1.72 bits per heavy atom. The number of methoxy groups -OCH3 is 1. The molecule has 0 aliphatic rings. The van der Waals surface area contributed by atoms with Gasteiger partial charge in [0.25, 0.3) is 0 Å². The zero-order valence-electron chi connectivity index (χ0n) is 12.4. The van der Waals surface area contributed by atoms with E-state index in [2.05, 4.69) is 51.2 Å². The summed E-state index contributed by atoms with van der Waals surface area (Å²) in [5.74, 6) is 0. The molecule has 1 aromatic rings. The number of aryl methyl sites for hydroxylation is 2. The fourth-order valence-electron chi connectivity index (χ4n) is 2.36. The van der Waals surface area contributed by atoms with Gasteiger partial charge in [-0.1, -0.05) is 36.2 Å². The van der Waals surface area contributed by atoms with E-state index < -0.39 is 0 Å². The first-order chi connectivity index (χ1) is 8.56. The first kappa shape index (κ1) is 15.2. The molecule has 0 fully saturated rings. The van der Waals surface area contributed by atoms with Gasteiger partial charge in [-0.25, -0.2) is 0 Å². The molecule has 0 heterocycles. The Labute approximate surface area is 112 Å². The number of rotatable bonds is 7. The van der Waals surface area contributed by atoms with E-state index in [1.54, 1.807) is 7.11 Å². The molecule has 0 saturated heterocycles. The molecule has 0 spiro atoms. The van der Waals surface area contributed by atoms with Crippen molar-refractivity contribution in [3.8, 4) is 0 Å². The Balaban J connectivity index is 2.76. The van der Waals surface area contributed by atoms with Crippen LogP contribution in [-0.2, 0) is 4.74 Å². The molecule has 1 N–H and O–H groups in total. The van der Waals surface area contributed by atoms with Crippen LogP contribution in [0.15, 0.2) is 18.2 Å². The van der Waals surface area contributed by atoms with Gasteiger partial charge < -0.3 is 10.1 Å². The Bertz CT molecular complexity index is 342. The largest absolute Gasteiger partial charge is 0.382 e. The lowest BCUT2D eigenvalue weighted by atomic mass is 9.97. The van der Waals surface area contributed by atoms with Crippen LogP contribution in [0.5, 0.6) is 0 Å². The number of hydrogen-bond acceptors (Lipinski definition) is 2. The van der Waals surface area contributed by atoms with E-state index in [0.29, 0.717) is 12.1 Å². The standard InChI is InChI=1S/C16H27NO/c1-6-17-16(8-7-14(4)18-5)15-10-12(2)9-13(3)11-15/h9-11,14,16-17H,6-8H2,1-5H3. The van der Waals surface area contributed by atoms with Gasteiger partial charge in [0, 0.05) is 13.2 Å². The van der Waals surface area contributed by atoms with Crippen LogP contribution in [0.3, 0.4) is 0 Å². The van der Waals surface area contributed by atoms with E-state index >= 15 is 0 Å². The molecule has 102 valence electrons. The third-order valence-corrected chi connectivity index (χ3v) is 3.36. The molecule has 1 aromatic carbocycles. The van der Waals surface area contributed by atoms with Crippen LogP contribution in [0, 0.1) is 13.8 Å². The maximum Gasteiger partial charge on any atom is 0.0543 e. The number of ether oxygens (including phenoxy) is 1. The summed E-state index contributed by atoms with van der Waals surface area (Å²) in [4.78, 5) is 0. The van der Waals surface area contributed by atoms with Crippen molar-refractivity contribution in [2.75, 3.05) is 13.7 Å². The summed E-state index contributed by atoms with van der Waals surface area (Å²) in [6.45, 7) is 9.62. The summed E-state index contributed by atoms with van der Waals surface area (Å²) in [5, 5.41) is 3.58. The fraction of sp³-hybridized carbons (Fsp3) is 0.625. The molecule has 0 aliphatic heterocycles. The van der Waals surface area contributed by atoms with Crippen molar-refractivity contribution in [3.05, 3.63) is 34.9 Å². The van der Waals surface area contributed by atoms with Gasteiger partial charge in [-0.15, -0.1) is 0 Å². The van der Waals surface area contributed by atoms with Crippen LogP contribution in [0.4, 0.5) is 0 Å². The zero-order valence-corrected chi connectivity index (χ0v) is 12.4. The van der Waals surface area contributed by atoms with Crippen molar-refractivity contribution in [1.82, 2.24) is 5.32 Å². The van der Waals surface area contributed by atoms with E-state index in [9.17, 15) is 0 Å². The minimum atomic E-state index is 0.331. The van der Waals surface area contributed by atoms with Crippen LogP contribution < -0.4 is 5.32 Å². The minimum absolute atomic E-state index is 0.331. The SMILES string of the molecule is CCNC(CCC(C)OC)c1cc(C)cc(C)c1. The number of hydrogen-bond donors (Lipinski definition) is 1. The highest BCUT2D eigenvalue weighted by molar-refractivity contribution is 5.30. The fourth-order valence-corrected chi connectivity index (χ4v) is 2.36. The molecule has 2 heteroatoms. The highest BCUT2D eigenvalue weighted by Gasteiger charge is 2.12. The molecule has 2 atom stereocenters. The molecule has 0 radical (unpaired) electrons. The lowest BCUT2D eigenvalue weighted by Crippen LogP contribution is -2.22. The normalized spacial score (nSPS) is 14.5. The van der Waals surface area contributed by atoms with Crippen molar-refractivity contribution >= 4 is 0 Å². The molecule has 0 aliphatic carbocycles. The van der Waals surface area contributed by atoms with Gasteiger partial charge in [0.15, 0.2) is 0 Å². The molecule has 0 saturated carbocycles. The summed E-state index contributed by atoms with van der Waals surface area (Å²) in [6.07, 6.45) is 2.53. The minimum Gasteiger partial charge on any atom is -0.382 e. The maximum atomic E-state index is 5.33. The first-order valence-electron chi connectivity index (χ1n) is 6.91. The maximum absolute atomic E-state index is 5.33. The second-order valence-electron chi connectivity index (χ2n) is 5.15. The van der Waals surface area contributed by atoms with E-state index in [4.69, 9.17) is 4.74 Å². The molecule has 0 amide bonds. The second-order valence-corrected chi connectivity index (χ2v) is 5.15. The Hall–Kier alpha value is -0.860. The lowest BCUT2D eigenvalue weighted by molar-refractivity contribution is 0.106. The van der Waals surface area contributed by atoms with Crippen molar-refractivity contribution in [3.63, 3.8) is 0 Å². The van der Waals surface area contributed by atoms with E-state index in [0.717, 1.165) is 19.4 Å². The topological polar surface area (TPSA) is 21.3 Å². The monoisotopic (exact) mass is 249 g/mol.